The summed E-state index contributed by atoms with van der Waals surface area (Å²) >= 11 is 0. The normalized spacial score (nSPS) is 19.7. The first-order valence-electron chi connectivity index (χ1n) is 7.56. The number of nitrogens with zero attached hydrogens (tertiary/aromatic N) is 1. The van der Waals surface area contributed by atoms with Gasteiger partial charge in [-0.3, -0.25) is 0 Å². The molecule has 1 aliphatic rings. The molecule has 6 heteroatoms. The summed E-state index contributed by atoms with van der Waals surface area (Å²) in [5.74, 6) is 0. The van der Waals surface area contributed by atoms with E-state index in [0.717, 1.165) is 31.5 Å². The van der Waals surface area contributed by atoms with Crippen molar-refractivity contribution in [1.82, 2.24) is 4.72 Å². The monoisotopic (exact) mass is 312 g/mol. The number of benzene rings is 1. The lowest BCUT2D eigenvalue weighted by Crippen LogP contribution is -2.41. The molecule has 1 atom stereocenters. The predicted octanol–water partition coefficient (Wildman–Crippen LogP) is 1.73. The Hall–Kier alpha value is -1.11. The lowest BCUT2D eigenvalue weighted by atomic mass is 9.99. The molecule has 0 spiro atoms. The molecule has 1 aromatic carbocycles. The Balaban J connectivity index is 2.38. The first-order chi connectivity index (χ1) is 10.1. The molecule has 0 radical (unpaired) electrons. The van der Waals surface area contributed by atoms with Crippen LogP contribution < -0.4 is 9.62 Å². The van der Waals surface area contributed by atoms with Crippen LogP contribution in [0, 0.1) is 0 Å². The molecule has 1 aliphatic heterocycles. The summed E-state index contributed by atoms with van der Waals surface area (Å²) in [5.41, 5.74) is 0.747. The van der Waals surface area contributed by atoms with E-state index >= 15 is 0 Å². The van der Waals surface area contributed by atoms with Crippen molar-refractivity contribution in [2.75, 3.05) is 24.6 Å². The van der Waals surface area contributed by atoms with Crippen molar-refractivity contribution in [1.29, 1.82) is 0 Å². The van der Waals surface area contributed by atoms with Crippen molar-refractivity contribution in [2.45, 2.75) is 43.5 Å². The van der Waals surface area contributed by atoms with Crippen molar-refractivity contribution in [3.8, 4) is 0 Å². The Kier molecular flexibility index (Phi) is 5.61. The zero-order chi connectivity index (χ0) is 15.3. The van der Waals surface area contributed by atoms with Gasteiger partial charge in [0, 0.05) is 25.7 Å². The van der Waals surface area contributed by atoms with Gasteiger partial charge < -0.3 is 10.0 Å². The van der Waals surface area contributed by atoms with Crippen LogP contribution in [-0.4, -0.2) is 39.3 Å². The summed E-state index contributed by atoms with van der Waals surface area (Å²) in [6, 6.07) is 7.34. The zero-order valence-electron chi connectivity index (χ0n) is 12.5. The molecule has 1 aromatic rings. The summed E-state index contributed by atoms with van der Waals surface area (Å²) in [7, 11) is -3.48. The number of aliphatic hydroxyl groups is 1. The van der Waals surface area contributed by atoms with E-state index in [4.69, 9.17) is 0 Å². The smallest absolute Gasteiger partial charge is 0.242 e. The lowest BCUT2D eigenvalue weighted by Gasteiger charge is -2.38. The van der Waals surface area contributed by atoms with Crippen LogP contribution in [0.4, 0.5) is 5.69 Å². The predicted molar refractivity (Wildman–Crippen MR) is 84.0 cm³/mol. The van der Waals surface area contributed by atoms with Gasteiger partial charge in [-0.1, -0.05) is 19.1 Å². The van der Waals surface area contributed by atoms with Crippen LogP contribution in [0.5, 0.6) is 0 Å². The van der Waals surface area contributed by atoms with Crippen molar-refractivity contribution in [2.24, 2.45) is 0 Å². The minimum Gasteiger partial charge on any atom is -0.396 e. The van der Waals surface area contributed by atoms with Gasteiger partial charge in [0.05, 0.1) is 5.69 Å². The number of para-hydroxylation sites is 1. The molecule has 2 N–H and O–H groups in total. The van der Waals surface area contributed by atoms with Gasteiger partial charge in [0.15, 0.2) is 0 Å². The molecule has 1 unspecified atom stereocenters. The van der Waals surface area contributed by atoms with Gasteiger partial charge >= 0.3 is 0 Å². The quantitative estimate of drug-likeness (QED) is 0.839. The van der Waals surface area contributed by atoms with Crippen LogP contribution in [0.2, 0.25) is 0 Å². The summed E-state index contributed by atoms with van der Waals surface area (Å²) in [6.07, 6.45) is 3.85. The van der Waals surface area contributed by atoms with E-state index in [2.05, 4.69) is 9.62 Å². The molecule has 118 valence electrons. The Morgan fingerprint density at radius 3 is 2.81 bits per heavy atom. The molecule has 0 aromatic heterocycles. The van der Waals surface area contributed by atoms with Crippen LogP contribution in [0.25, 0.3) is 0 Å². The second-order valence-corrected chi connectivity index (χ2v) is 7.06. The molecule has 5 nitrogen and oxygen atoms in total. The highest BCUT2D eigenvalue weighted by atomic mass is 32.2. The van der Waals surface area contributed by atoms with Gasteiger partial charge in [-0.05, 0) is 37.8 Å². The van der Waals surface area contributed by atoms with Gasteiger partial charge in [0.2, 0.25) is 10.0 Å². The first-order valence-corrected chi connectivity index (χ1v) is 9.04. The van der Waals surface area contributed by atoms with E-state index in [-0.39, 0.29) is 12.6 Å². The van der Waals surface area contributed by atoms with Crippen molar-refractivity contribution in [3.05, 3.63) is 24.3 Å². The number of aliphatic hydroxyl groups excluding tert-OH is 1. The van der Waals surface area contributed by atoms with Gasteiger partial charge in [-0.15, -0.1) is 0 Å². The van der Waals surface area contributed by atoms with Gasteiger partial charge in [0.1, 0.15) is 4.90 Å². The summed E-state index contributed by atoms with van der Waals surface area (Å²) in [4.78, 5) is 2.47. The zero-order valence-corrected chi connectivity index (χ0v) is 13.3. The number of anilines is 1. The van der Waals surface area contributed by atoms with Crippen LogP contribution in [0.15, 0.2) is 29.2 Å². The summed E-state index contributed by atoms with van der Waals surface area (Å²) in [5, 5.41) is 9.24. The van der Waals surface area contributed by atoms with Gasteiger partial charge in [-0.2, -0.15) is 0 Å². The lowest BCUT2D eigenvalue weighted by molar-refractivity contribution is 0.262. The molecule has 0 aliphatic carbocycles. The highest BCUT2D eigenvalue weighted by molar-refractivity contribution is 7.89. The van der Waals surface area contributed by atoms with E-state index in [9.17, 15) is 13.5 Å². The highest BCUT2D eigenvalue weighted by Crippen LogP contribution is 2.31. The van der Waals surface area contributed by atoms with E-state index < -0.39 is 10.0 Å². The van der Waals surface area contributed by atoms with Gasteiger partial charge in [-0.25, -0.2) is 13.1 Å². The molecular formula is C15H24N2O3S. The Morgan fingerprint density at radius 2 is 2.10 bits per heavy atom. The standard InChI is InChI=1S/C15H24N2O3S/c1-2-16-21(19,20)15-9-4-3-8-14(15)17-11-6-5-7-13(17)10-12-18/h3-4,8-9,13,16,18H,2,5-7,10-12H2,1H3. The molecule has 0 saturated carbocycles. The fourth-order valence-corrected chi connectivity index (χ4v) is 4.21. The molecular weight excluding hydrogens is 288 g/mol. The third kappa shape index (κ3) is 3.75. The third-order valence-corrected chi connectivity index (χ3v) is 5.48. The van der Waals surface area contributed by atoms with Crippen molar-refractivity contribution in [3.63, 3.8) is 0 Å². The second-order valence-electron chi connectivity index (χ2n) is 5.32. The largest absolute Gasteiger partial charge is 0.396 e. The topological polar surface area (TPSA) is 69.6 Å². The second kappa shape index (κ2) is 7.24. The van der Waals surface area contributed by atoms with E-state index in [0.29, 0.717) is 17.9 Å². The molecule has 0 amide bonds. The molecule has 1 heterocycles. The van der Waals surface area contributed by atoms with E-state index in [1.54, 1.807) is 19.1 Å². The maximum absolute atomic E-state index is 12.4. The summed E-state index contributed by atoms with van der Waals surface area (Å²) < 4.78 is 27.3. The number of nitrogens with one attached hydrogen (secondary N) is 1. The molecule has 0 bridgehead atoms. The van der Waals surface area contributed by atoms with Crippen LogP contribution in [-0.2, 0) is 10.0 Å². The molecule has 21 heavy (non-hydrogen) atoms. The number of rotatable bonds is 6. The fraction of sp³-hybridized carbons (Fsp3) is 0.600. The maximum Gasteiger partial charge on any atom is 0.242 e. The minimum atomic E-state index is -3.48. The molecule has 1 saturated heterocycles. The third-order valence-electron chi connectivity index (χ3n) is 3.89. The number of hydrogen-bond donors (Lipinski definition) is 2. The fourth-order valence-electron chi connectivity index (χ4n) is 2.96. The first kappa shape index (κ1) is 16.3. The van der Waals surface area contributed by atoms with Crippen LogP contribution in [0.3, 0.4) is 0 Å². The number of hydrogen-bond acceptors (Lipinski definition) is 4. The van der Waals surface area contributed by atoms with Crippen LogP contribution in [0.1, 0.15) is 32.6 Å². The molecule has 1 fully saturated rings. The maximum atomic E-state index is 12.4. The van der Waals surface area contributed by atoms with Gasteiger partial charge in [0.25, 0.3) is 0 Å². The number of piperidine rings is 1. The SMILES string of the molecule is CCNS(=O)(=O)c1ccccc1N1CCCCC1CCO. The number of sulfonamides is 1. The van der Waals surface area contributed by atoms with Crippen molar-refractivity contribution >= 4 is 15.7 Å². The summed E-state index contributed by atoms with van der Waals surface area (Å²) in [6.45, 7) is 3.11. The molecule has 2 rings (SSSR count). The highest BCUT2D eigenvalue weighted by Gasteiger charge is 2.27. The average molecular weight is 312 g/mol. The Labute approximate surface area is 127 Å². The Morgan fingerprint density at radius 1 is 1.33 bits per heavy atom. The van der Waals surface area contributed by atoms with Crippen molar-refractivity contribution < 1.29 is 13.5 Å². The van der Waals surface area contributed by atoms with E-state index in [1.807, 2.05) is 12.1 Å². The van der Waals surface area contributed by atoms with E-state index in [1.165, 1.54) is 0 Å². The average Bonchev–Trinajstić information content (AvgIpc) is 2.48. The Bertz CT molecular complexity index is 558. The minimum absolute atomic E-state index is 0.128. The van der Waals surface area contributed by atoms with Crippen LogP contribution >= 0.6 is 0 Å².